The van der Waals surface area contributed by atoms with Crippen molar-refractivity contribution in [3.8, 4) is 11.4 Å². The number of nitrogens with one attached hydrogen (secondary N) is 1. The number of benzene rings is 2. The van der Waals surface area contributed by atoms with E-state index in [0.29, 0.717) is 14.3 Å². The van der Waals surface area contributed by atoms with Crippen LogP contribution < -0.4 is 11.0 Å². The fourth-order valence-corrected chi connectivity index (χ4v) is 4.74. The largest absolute Gasteiger partial charge is 0.416 e. The monoisotopic (exact) mass is 598 g/mol. The molecule has 0 aliphatic heterocycles. The van der Waals surface area contributed by atoms with Gasteiger partial charge in [0, 0.05) is 23.4 Å². The number of hydrogen-bond acceptors (Lipinski definition) is 5. The zero-order valence-corrected chi connectivity index (χ0v) is 21.6. The average Bonchev–Trinajstić information content (AvgIpc) is 3.10. The van der Waals surface area contributed by atoms with Crippen LogP contribution in [0.4, 0.5) is 26.3 Å². The van der Waals surface area contributed by atoms with Crippen LogP contribution in [-0.2, 0) is 33.9 Å². The Labute approximate surface area is 223 Å². The van der Waals surface area contributed by atoms with Crippen LogP contribution in [0.2, 0.25) is 5.02 Å². The van der Waals surface area contributed by atoms with E-state index in [1.54, 1.807) is 0 Å². The number of amides is 1. The molecular weight excluding hydrogens is 578 g/mol. The van der Waals surface area contributed by atoms with Crippen LogP contribution in [0.1, 0.15) is 23.6 Å². The Balaban J connectivity index is 1.97. The molecule has 0 radical (unpaired) electrons. The fourth-order valence-electron chi connectivity index (χ4n) is 3.74. The number of nitrogens with zero attached hydrogens (tertiary/aromatic N) is 3. The molecule has 3 rings (SSSR count). The molecule has 1 aromatic heterocycles. The summed E-state index contributed by atoms with van der Waals surface area (Å²) in [4.78, 5) is 25.7. The van der Waals surface area contributed by atoms with Crippen LogP contribution >= 0.6 is 11.6 Å². The molecule has 0 fully saturated rings. The Morgan fingerprint density at radius 3 is 2.23 bits per heavy atom. The summed E-state index contributed by atoms with van der Waals surface area (Å²) in [6, 6.07) is 8.03. The summed E-state index contributed by atoms with van der Waals surface area (Å²) in [5.74, 6) is -2.19. The number of aromatic nitrogens is 3. The van der Waals surface area contributed by atoms with Gasteiger partial charge < -0.3 is 5.32 Å². The van der Waals surface area contributed by atoms with Crippen molar-refractivity contribution in [2.75, 3.05) is 12.0 Å². The molecule has 1 heterocycles. The maximum absolute atomic E-state index is 13.6. The second-order valence-electron chi connectivity index (χ2n) is 8.59. The van der Waals surface area contributed by atoms with Gasteiger partial charge in [-0.2, -0.15) is 26.3 Å². The highest BCUT2D eigenvalue weighted by atomic mass is 35.5. The minimum absolute atomic E-state index is 0.205. The number of carbonyl (C=O) groups excluding carboxylic acids is 1. The molecule has 0 saturated carbocycles. The summed E-state index contributed by atoms with van der Waals surface area (Å²) in [7, 11) is -3.91. The standard InChI is InChI=1S/C23H21ClF6N4O4S/c1-39(37,38)13-18(16-4-2-3-5-17(16)23(28,29)30)31-19(35)12-34-21(36)33(11-10-22(25,26)27)20(32-34)14-6-8-15(24)9-7-14/h2-9,18H,10-13H2,1H3,(H,31,35). The van der Waals surface area contributed by atoms with E-state index in [0.717, 1.165) is 24.5 Å². The van der Waals surface area contributed by atoms with Gasteiger partial charge in [0.15, 0.2) is 5.82 Å². The molecule has 212 valence electrons. The normalized spacial score (nSPS) is 13.3. The molecule has 0 bridgehead atoms. The van der Waals surface area contributed by atoms with Gasteiger partial charge in [-0.25, -0.2) is 17.9 Å². The van der Waals surface area contributed by atoms with Gasteiger partial charge in [-0.1, -0.05) is 29.8 Å². The van der Waals surface area contributed by atoms with E-state index in [2.05, 4.69) is 10.4 Å². The van der Waals surface area contributed by atoms with Gasteiger partial charge in [0.05, 0.1) is 23.8 Å². The molecule has 0 aliphatic carbocycles. The zero-order valence-electron chi connectivity index (χ0n) is 20.1. The molecule has 3 aromatic rings. The Morgan fingerprint density at radius 1 is 1.05 bits per heavy atom. The number of alkyl halides is 6. The highest BCUT2D eigenvalue weighted by Gasteiger charge is 2.36. The lowest BCUT2D eigenvalue weighted by Crippen LogP contribution is -2.38. The van der Waals surface area contributed by atoms with E-state index in [4.69, 9.17) is 11.6 Å². The predicted molar refractivity (Wildman–Crippen MR) is 130 cm³/mol. The first kappa shape index (κ1) is 30.2. The SMILES string of the molecule is CS(=O)(=O)CC(NC(=O)Cn1nc(-c2ccc(Cl)cc2)n(CCC(F)(F)F)c1=O)c1ccccc1C(F)(F)F. The first-order valence-electron chi connectivity index (χ1n) is 11.1. The van der Waals surface area contributed by atoms with Crippen molar-refractivity contribution in [2.45, 2.75) is 37.9 Å². The number of carbonyl (C=O) groups is 1. The summed E-state index contributed by atoms with van der Waals surface area (Å²) < 4.78 is 104. The van der Waals surface area contributed by atoms with Crippen molar-refractivity contribution in [2.24, 2.45) is 0 Å². The summed E-state index contributed by atoms with van der Waals surface area (Å²) in [6.45, 7) is -1.73. The van der Waals surface area contributed by atoms with E-state index >= 15 is 0 Å². The topological polar surface area (TPSA) is 103 Å². The van der Waals surface area contributed by atoms with Gasteiger partial charge in [0.1, 0.15) is 16.4 Å². The Morgan fingerprint density at radius 2 is 1.67 bits per heavy atom. The van der Waals surface area contributed by atoms with E-state index in [9.17, 15) is 44.3 Å². The van der Waals surface area contributed by atoms with Gasteiger partial charge in [-0.3, -0.25) is 9.36 Å². The molecule has 1 amide bonds. The van der Waals surface area contributed by atoms with Gasteiger partial charge in [0.2, 0.25) is 5.91 Å². The zero-order chi connectivity index (χ0) is 29.2. The second-order valence-corrected chi connectivity index (χ2v) is 11.2. The maximum atomic E-state index is 13.6. The molecule has 8 nitrogen and oxygen atoms in total. The fraction of sp³-hybridized carbons (Fsp3) is 0.348. The van der Waals surface area contributed by atoms with Gasteiger partial charge >= 0.3 is 18.0 Å². The third kappa shape index (κ3) is 8.33. The highest BCUT2D eigenvalue weighted by Crippen LogP contribution is 2.35. The van der Waals surface area contributed by atoms with Crippen molar-refractivity contribution in [3.05, 3.63) is 75.2 Å². The molecule has 0 saturated heterocycles. The molecule has 2 aromatic carbocycles. The summed E-state index contributed by atoms with van der Waals surface area (Å²) >= 11 is 5.84. The van der Waals surface area contributed by atoms with E-state index in [1.807, 2.05) is 0 Å². The molecule has 1 unspecified atom stereocenters. The maximum Gasteiger partial charge on any atom is 0.416 e. The molecule has 39 heavy (non-hydrogen) atoms. The van der Waals surface area contributed by atoms with Gasteiger partial charge in [0.25, 0.3) is 0 Å². The number of halogens is 7. The van der Waals surface area contributed by atoms with E-state index in [1.165, 1.54) is 30.3 Å². The molecule has 1 N–H and O–H groups in total. The van der Waals surface area contributed by atoms with Crippen molar-refractivity contribution in [1.29, 1.82) is 0 Å². The Hall–Kier alpha value is -3.33. The number of rotatable bonds is 9. The van der Waals surface area contributed by atoms with E-state index in [-0.39, 0.29) is 11.4 Å². The van der Waals surface area contributed by atoms with Crippen LogP contribution in [0, 0.1) is 0 Å². The van der Waals surface area contributed by atoms with Gasteiger partial charge in [-0.05, 0) is 35.9 Å². The smallest absolute Gasteiger partial charge is 0.347 e. The third-order valence-electron chi connectivity index (χ3n) is 5.38. The quantitative estimate of drug-likeness (QED) is 0.371. The summed E-state index contributed by atoms with van der Waals surface area (Å²) in [6.07, 6.45) is -10.1. The van der Waals surface area contributed by atoms with Crippen LogP contribution in [0.25, 0.3) is 11.4 Å². The van der Waals surface area contributed by atoms with E-state index < -0.39 is 76.2 Å². The first-order valence-corrected chi connectivity index (χ1v) is 13.5. The second kappa shape index (κ2) is 11.4. The van der Waals surface area contributed by atoms with Crippen LogP contribution in [0.3, 0.4) is 0 Å². The molecule has 16 heteroatoms. The lowest BCUT2D eigenvalue weighted by atomic mass is 10.0. The summed E-state index contributed by atoms with van der Waals surface area (Å²) in [5.41, 5.74) is -2.56. The van der Waals surface area contributed by atoms with Crippen molar-refractivity contribution in [1.82, 2.24) is 19.7 Å². The summed E-state index contributed by atoms with van der Waals surface area (Å²) in [5, 5.41) is 6.45. The van der Waals surface area contributed by atoms with Crippen LogP contribution in [0.15, 0.2) is 53.3 Å². The average molecular weight is 599 g/mol. The first-order chi connectivity index (χ1) is 17.9. The van der Waals surface area contributed by atoms with Crippen LogP contribution in [-0.4, -0.2) is 46.9 Å². The number of hydrogen-bond donors (Lipinski definition) is 1. The lowest BCUT2D eigenvalue weighted by Gasteiger charge is -2.22. The Kier molecular flexibility index (Phi) is 8.85. The minimum atomic E-state index is -4.86. The molecule has 1 atom stereocenters. The van der Waals surface area contributed by atoms with Crippen molar-refractivity contribution in [3.63, 3.8) is 0 Å². The van der Waals surface area contributed by atoms with Crippen molar-refractivity contribution < 1.29 is 39.6 Å². The van der Waals surface area contributed by atoms with Gasteiger partial charge in [-0.15, -0.1) is 5.10 Å². The highest BCUT2D eigenvalue weighted by molar-refractivity contribution is 7.90. The predicted octanol–water partition coefficient (Wildman–Crippen LogP) is 4.24. The van der Waals surface area contributed by atoms with Crippen molar-refractivity contribution >= 4 is 27.3 Å². The third-order valence-corrected chi connectivity index (χ3v) is 6.57. The van der Waals surface area contributed by atoms with Crippen LogP contribution in [0.5, 0.6) is 0 Å². The Bertz CT molecular complexity index is 1500. The molecule has 0 aliphatic rings. The molecular formula is C23H21ClF6N4O4S. The lowest BCUT2D eigenvalue weighted by molar-refractivity contribution is -0.139. The minimum Gasteiger partial charge on any atom is -0.347 e. The molecule has 0 spiro atoms. The number of sulfone groups is 1.